The Balaban J connectivity index is 1.40. The highest BCUT2D eigenvalue weighted by molar-refractivity contribution is 7.13. The first-order valence-electron chi connectivity index (χ1n) is 9.80. The highest BCUT2D eigenvalue weighted by atomic mass is 32.1. The number of hydrogen-bond acceptors (Lipinski definition) is 6. The molecule has 1 N–H and O–H groups in total. The van der Waals surface area contributed by atoms with Crippen molar-refractivity contribution in [2.45, 2.75) is 39.0 Å². The number of carbonyl (C=O) groups excluding carboxylic acids is 1. The molecule has 0 saturated carbocycles. The molecule has 1 saturated heterocycles. The molecule has 0 spiro atoms. The standard InChI is InChI=1S/C22H25N3O3S/c1-15-11-25(12-16(2)28-15)13-17-6-3-4-7-19(17)24-21(26)10-18-14-29-22(23-18)20-8-5-9-27-20/h3-9,14-16H,10-13H2,1-2H3,(H,24,26)/t15-,16+. The quantitative estimate of drug-likeness (QED) is 0.659. The number of aromatic nitrogens is 1. The van der Waals surface area contributed by atoms with Gasteiger partial charge in [0.2, 0.25) is 5.91 Å². The lowest BCUT2D eigenvalue weighted by Crippen LogP contribution is -2.44. The van der Waals surface area contributed by atoms with Gasteiger partial charge in [0.25, 0.3) is 0 Å². The molecule has 1 aromatic carbocycles. The average Bonchev–Trinajstić information content (AvgIpc) is 3.34. The van der Waals surface area contributed by atoms with Gasteiger partial charge in [-0.05, 0) is 37.6 Å². The van der Waals surface area contributed by atoms with Crippen molar-refractivity contribution in [2.75, 3.05) is 18.4 Å². The lowest BCUT2D eigenvalue weighted by molar-refractivity contribution is -0.115. The summed E-state index contributed by atoms with van der Waals surface area (Å²) in [4.78, 5) is 19.5. The van der Waals surface area contributed by atoms with Crippen LogP contribution < -0.4 is 5.32 Å². The van der Waals surface area contributed by atoms with E-state index >= 15 is 0 Å². The fraction of sp³-hybridized carbons (Fsp3) is 0.364. The molecule has 1 amide bonds. The third-order valence-electron chi connectivity index (χ3n) is 4.81. The van der Waals surface area contributed by atoms with Crippen LogP contribution in [-0.4, -0.2) is 41.1 Å². The first-order valence-corrected chi connectivity index (χ1v) is 10.7. The van der Waals surface area contributed by atoms with Gasteiger partial charge in [-0.2, -0.15) is 0 Å². The van der Waals surface area contributed by atoms with Crippen LogP contribution in [0.4, 0.5) is 5.69 Å². The highest BCUT2D eigenvalue weighted by Crippen LogP contribution is 2.25. The third kappa shape index (κ3) is 5.12. The molecular weight excluding hydrogens is 386 g/mol. The van der Waals surface area contributed by atoms with E-state index in [0.717, 1.165) is 47.3 Å². The van der Waals surface area contributed by atoms with E-state index in [1.165, 1.54) is 11.3 Å². The fourth-order valence-corrected chi connectivity index (χ4v) is 4.48. The highest BCUT2D eigenvalue weighted by Gasteiger charge is 2.23. The summed E-state index contributed by atoms with van der Waals surface area (Å²) in [6.07, 6.45) is 2.29. The Morgan fingerprint density at radius 3 is 2.76 bits per heavy atom. The van der Waals surface area contributed by atoms with Gasteiger partial charge in [-0.15, -0.1) is 11.3 Å². The number of benzene rings is 1. The monoisotopic (exact) mass is 411 g/mol. The normalized spacial score (nSPS) is 19.9. The van der Waals surface area contributed by atoms with E-state index in [1.54, 1.807) is 6.26 Å². The zero-order valence-corrected chi connectivity index (χ0v) is 17.4. The molecular formula is C22H25N3O3S. The van der Waals surface area contributed by atoms with Crippen LogP contribution >= 0.6 is 11.3 Å². The Labute approximate surface area is 174 Å². The molecule has 7 heteroatoms. The number of thiazole rings is 1. The first-order chi connectivity index (χ1) is 14.1. The van der Waals surface area contributed by atoms with E-state index < -0.39 is 0 Å². The van der Waals surface area contributed by atoms with Gasteiger partial charge in [0.1, 0.15) is 0 Å². The largest absolute Gasteiger partial charge is 0.462 e. The summed E-state index contributed by atoms with van der Waals surface area (Å²) >= 11 is 1.48. The maximum atomic E-state index is 12.6. The number of furan rings is 1. The van der Waals surface area contributed by atoms with Crippen molar-refractivity contribution in [3.8, 4) is 10.8 Å². The van der Waals surface area contributed by atoms with Crippen LogP contribution in [0.1, 0.15) is 25.1 Å². The van der Waals surface area contributed by atoms with Crippen molar-refractivity contribution in [2.24, 2.45) is 0 Å². The van der Waals surface area contributed by atoms with Crippen molar-refractivity contribution in [1.82, 2.24) is 9.88 Å². The molecule has 152 valence electrons. The summed E-state index contributed by atoms with van der Waals surface area (Å²) in [6.45, 7) is 6.76. The molecule has 3 aromatic rings. The van der Waals surface area contributed by atoms with E-state index in [4.69, 9.17) is 9.15 Å². The van der Waals surface area contributed by atoms with Gasteiger partial charge < -0.3 is 14.5 Å². The molecule has 1 aliphatic rings. The molecule has 0 aliphatic carbocycles. The predicted octanol–water partition coefficient (Wildman–Crippen LogP) is 4.19. The molecule has 2 atom stereocenters. The van der Waals surface area contributed by atoms with E-state index in [1.807, 2.05) is 35.7 Å². The minimum absolute atomic E-state index is 0.0718. The lowest BCUT2D eigenvalue weighted by atomic mass is 10.1. The molecule has 0 unspecified atom stereocenters. The van der Waals surface area contributed by atoms with E-state index in [-0.39, 0.29) is 24.5 Å². The number of nitrogens with one attached hydrogen (secondary N) is 1. The van der Waals surface area contributed by atoms with Gasteiger partial charge in [-0.3, -0.25) is 9.69 Å². The van der Waals surface area contributed by atoms with Gasteiger partial charge in [-0.25, -0.2) is 4.98 Å². The molecule has 0 radical (unpaired) electrons. The van der Waals surface area contributed by atoms with Gasteiger partial charge in [0.05, 0.1) is 30.6 Å². The predicted molar refractivity (Wildman–Crippen MR) is 114 cm³/mol. The van der Waals surface area contributed by atoms with Crippen LogP contribution in [-0.2, 0) is 22.5 Å². The van der Waals surface area contributed by atoms with Gasteiger partial charge in [-0.1, -0.05) is 18.2 Å². The third-order valence-corrected chi connectivity index (χ3v) is 5.71. The molecule has 1 aliphatic heterocycles. The second kappa shape index (κ2) is 8.90. The van der Waals surface area contributed by atoms with Crippen LogP contribution in [0.5, 0.6) is 0 Å². The van der Waals surface area contributed by atoms with Gasteiger partial charge in [0.15, 0.2) is 10.8 Å². The van der Waals surface area contributed by atoms with Crippen molar-refractivity contribution >= 4 is 22.9 Å². The van der Waals surface area contributed by atoms with Crippen LogP contribution in [0.3, 0.4) is 0 Å². The topological polar surface area (TPSA) is 67.6 Å². The Bertz CT molecular complexity index is 944. The zero-order valence-electron chi connectivity index (χ0n) is 16.6. The Morgan fingerprint density at radius 2 is 2.00 bits per heavy atom. The summed E-state index contributed by atoms with van der Waals surface area (Å²) in [5.74, 6) is 0.651. The molecule has 0 bridgehead atoms. The molecule has 6 nitrogen and oxygen atoms in total. The SMILES string of the molecule is C[C@@H]1CN(Cc2ccccc2NC(=O)Cc2csc(-c3ccco3)n2)C[C@H](C)O1. The molecule has 29 heavy (non-hydrogen) atoms. The Hall–Kier alpha value is -2.48. The molecule has 1 fully saturated rings. The number of amides is 1. The van der Waals surface area contributed by atoms with Crippen LogP contribution in [0, 0.1) is 0 Å². The van der Waals surface area contributed by atoms with Crippen LogP contribution in [0.15, 0.2) is 52.5 Å². The lowest BCUT2D eigenvalue weighted by Gasteiger charge is -2.35. The first kappa shape index (κ1) is 19.8. The van der Waals surface area contributed by atoms with Crippen molar-refractivity contribution < 1.29 is 13.9 Å². The number of morpholine rings is 1. The number of carbonyl (C=O) groups is 1. The molecule has 2 aromatic heterocycles. The number of rotatable bonds is 6. The maximum absolute atomic E-state index is 12.6. The number of nitrogens with zero attached hydrogens (tertiary/aromatic N) is 2. The van der Waals surface area contributed by atoms with E-state index in [0.29, 0.717) is 0 Å². The maximum Gasteiger partial charge on any atom is 0.230 e. The molecule has 3 heterocycles. The Kier molecular flexibility index (Phi) is 6.08. The second-order valence-electron chi connectivity index (χ2n) is 7.45. The van der Waals surface area contributed by atoms with Crippen molar-refractivity contribution in [1.29, 1.82) is 0 Å². The minimum Gasteiger partial charge on any atom is -0.462 e. The van der Waals surface area contributed by atoms with E-state index in [9.17, 15) is 4.79 Å². The number of anilines is 1. The molecule has 4 rings (SSSR count). The zero-order chi connectivity index (χ0) is 20.2. The van der Waals surface area contributed by atoms with Crippen molar-refractivity contribution in [3.05, 3.63) is 59.3 Å². The average molecular weight is 412 g/mol. The Morgan fingerprint density at radius 1 is 1.21 bits per heavy atom. The smallest absolute Gasteiger partial charge is 0.230 e. The van der Waals surface area contributed by atoms with Gasteiger partial charge in [0, 0.05) is 30.7 Å². The van der Waals surface area contributed by atoms with Gasteiger partial charge >= 0.3 is 0 Å². The summed E-state index contributed by atoms with van der Waals surface area (Å²) in [5.41, 5.74) is 2.70. The summed E-state index contributed by atoms with van der Waals surface area (Å²) in [6, 6.07) is 11.7. The van der Waals surface area contributed by atoms with Crippen LogP contribution in [0.25, 0.3) is 10.8 Å². The summed E-state index contributed by atoms with van der Waals surface area (Å²) in [5, 5.41) is 5.75. The number of para-hydroxylation sites is 1. The summed E-state index contributed by atoms with van der Waals surface area (Å²) < 4.78 is 11.2. The van der Waals surface area contributed by atoms with E-state index in [2.05, 4.69) is 35.1 Å². The fourth-order valence-electron chi connectivity index (χ4n) is 3.70. The minimum atomic E-state index is -0.0718. The second-order valence-corrected chi connectivity index (χ2v) is 8.31. The van der Waals surface area contributed by atoms with Crippen molar-refractivity contribution in [3.63, 3.8) is 0 Å². The number of hydrogen-bond donors (Lipinski definition) is 1. The van der Waals surface area contributed by atoms with Crippen LogP contribution in [0.2, 0.25) is 0 Å². The summed E-state index contributed by atoms with van der Waals surface area (Å²) in [7, 11) is 0. The number of ether oxygens (including phenoxy) is 1.